The summed E-state index contributed by atoms with van der Waals surface area (Å²) >= 11 is 11.6. The maximum absolute atomic E-state index is 13.2. The van der Waals surface area contributed by atoms with Gasteiger partial charge in [-0.15, -0.1) is 0 Å². The second-order valence-electron chi connectivity index (χ2n) is 3.35. The summed E-state index contributed by atoms with van der Waals surface area (Å²) in [7, 11) is 0. The number of rotatable bonds is 1. The van der Waals surface area contributed by atoms with Gasteiger partial charge in [0.25, 0.3) is 0 Å². The SMILES string of the molecule is Fc1cc([C@@H]2CNCCO2)c(Cl)cc1Cl. The van der Waals surface area contributed by atoms with E-state index in [1.807, 2.05) is 0 Å². The lowest BCUT2D eigenvalue weighted by molar-refractivity contribution is 0.0276. The molecule has 1 saturated heterocycles. The van der Waals surface area contributed by atoms with Crippen molar-refractivity contribution < 1.29 is 9.13 Å². The zero-order chi connectivity index (χ0) is 10.8. The summed E-state index contributed by atoms with van der Waals surface area (Å²) < 4.78 is 18.7. The predicted octanol–water partition coefficient (Wildman–Crippen LogP) is 2.79. The quantitative estimate of drug-likeness (QED) is 0.774. The number of ether oxygens (including phenoxy) is 1. The van der Waals surface area contributed by atoms with Crippen LogP contribution in [0.2, 0.25) is 10.0 Å². The zero-order valence-electron chi connectivity index (χ0n) is 7.90. The van der Waals surface area contributed by atoms with E-state index in [-0.39, 0.29) is 11.1 Å². The predicted molar refractivity (Wildman–Crippen MR) is 58.0 cm³/mol. The molecule has 2 nitrogen and oxygen atoms in total. The van der Waals surface area contributed by atoms with Crippen LogP contribution in [0.5, 0.6) is 0 Å². The highest BCUT2D eigenvalue weighted by atomic mass is 35.5. The summed E-state index contributed by atoms with van der Waals surface area (Å²) in [6, 6.07) is 2.74. The molecule has 0 spiro atoms. The average molecular weight is 250 g/mol. The van der Waals surface area contributed by atoms with E-state index in [2.05, 4.69) is 5.32 Å². The molecule has 1 N–H and O–H groups in total. The molecule has 1 atom stereocenters. The minimum absolute atomic E-state index is 0.0347. The van der Waals surface area contributed by atoms with E-state index in [1.165, 1.54) is 12.1 Å². The summed E-state index contributed by atoms with van der Waals surface area (Å²) in [5.41, 5.74) is 0.644. The molecule has 0 aromatic heterocycles. The first-order valence-electron chi connectivity index (χ1n) is 4.65. The summed E-state index contributed by atoms with van der Waals surface area (Å²) in [4.78, 5) is 0. The van der Waals surface area contributed by atoms with Crippen molar-refractivity contribution in [1.82, 2.24) is 5.32 Å². The first kappa shape index (κ1) is 11.1. The summed E-state index contributed by atoms with van der Waals surface area (Å²) in [6.07, 6.45) is -0.196. The van der Waals surface area contributed by atoms with Crippen molar-refractivity contribution in [2.45, 2.75) is 6.10 Å². The third kappa shape index (κ3) is 2.42. The maximum Gasteiger partial charge on any atom is 0.142 e. The van der Waals surface area contributed by atoms with E-state index in [0.29, 0.717) is 23.7 Å². The van der Waals surface area contributed by atoms with Gasteiger partial charge in [-0.1, -0.05) is 23.2 Å². The summed E-state index contributed by atoms with van der Waals surface area (Å²) in [6.45, 7) is 2.05. The number of halogens is 3. The average Bonchev–Trinajstić information content (AvgIpc) is 2.25. The zero-order valence-corrected chi connectivity index (χ0v) is 9.41. The molecule has 1 aromatic carbocycles. The van der Waals surface area contributed by atoms with Crippen LogP contribution in [-0.2, 0) is 4.74 Å². The molecule has 1 aromatic rings. The van der Waals surface area contributed by atoms with Gasteiger partial charge >= 0.3 is 0 Å². The van der Waals surface area contributed by atoms with Crippen LogP contribution in [0.1, 0.15) is 11.7 Å². The van der Waals surface area contributed by atoms with Gasteiger partial charge in [-0.25, -0.2) is 4.39 Å². The number of benzene rings is 1. The van der Waals surface area contributed by atoms with E-state index < -0.39 is 5.82 Å². The normalized spacial score (nSPS) is 21.7. The smallest absolute Gasteiger partial charge is 0.142 e. The maximum atomic E-state index is 13.2. The first-order chi connectivity index (χ1) is 7.18. The topological polar surface area (TPSA) is 21.3 Å². The van der Waals surface area contributed by atoms with Crippen LogP contribution in [0, 0.1) is 5.82 Å². The van der Waals surface area contributed by atoms with Crippen molar-refractivity contribution in [2.24, 2.45) is 0 Å². The Balaban J connectivity index is 2.30. The van der Waals surface area contributed by atoms with Crippen molar-refractivity contribution in [3.05, 3.63) is 33.6 Å². The molecule has 1 fully saturated rings. The summed E-state index contributed by atoms with van der Waals surface area (Å²) in [5, 5.41) is 3.63. The highest BCUT2D eigenvalue weighted by Gasteiger charge is 2.20. The number of morpholine rings is 1. The van der Waals surface area contributed by atoms with Crippen molar-refractivity contribution in [2.75, 3.05) is 19.7 Å². The largest absolute Gasteiger partial charge is 0.371 e. The van der Waals surface area contributed by atoms with Crippen LogP contribution in [0.3, 0.4) is 0 Å². The van der Waals surface area contributed by atoms with E-state index in [0.717, 1.165) is 6.54 Å². The highest BCUT2D eigenvalue weighted by Crippen LogP contribution is 2.30. The Labute approximate surface area is 97.3 Å². The minimum atomic E-state index is -0.467. The van der Waals surface area contributed by atoms with Crippen LogP contribution in [0.15, 0.2) is 12.1 Å². The Hall–Kier alpha value is -0.350. The molecular formula is C10H10Cl2FNO. The Morgan fingerprint density at radius 2 is 2.13 bits per heavy atom. The van der Waals surface area contributed by atoms with Gasteiger partial charge < -0.3 is 10.1 Å². The summed E-state index contributed by atoms with van der Waals surface area (Å²) in [5.74, 6) is -0.467. The van der Waals surface area contributed by atoms with Gasteiger partial charge in [0.2, 0.25) is 0 Å². The van der Waals surface area contributed by atoms with Gasteiger partial charge in [-0.05, 0) is 12.1 Å². The molecular weight excluding hydrogens is 240 g/mol. The van der Waals surface area contributed by atoms with Crippen LogP contribution < -0.4 is 5.32 Å². The highest BCUT2D eigenvalue weighted by molar-refractivity contribution is 6.35. The fourth-order valence-corrected chi connectivity index (χ4v) is 2.05. The van der Waals surface area contributed by atoms with E-state index in [9.17, 15) is 4.39 Å². The molecule has 0 radical (unpaired) electrons. The Morgan fingerprint density at radius 3 is 2.80 bits per heavy atom. The van der Waals surface area contributed by atoms with Crippen LogP contribution in [0.4, 0.5) is 4.39 Å². The first-order valence-corrected chi connectivity index (χ1v) is 5.41. The van der Waals surface area contributed by atoms with Crippen molar-refractivity contribution >= 4 is 23.2 Å². The molecule has 0 unspecified atom stereocenters. The second-order valence-corrected chi connectivity index (χ2v) is 4.17. The molecule has 1 aliphatic heterocycles. The van der Waals surface area contributed by atoms with E-state index in [1.54, 1.807) is 0 Å². The second kappa shape index (κ2) is 4.66. The van der Waals surface area contributed by atoms with E-state index in [4.69, 9.17) is 27.9 Å². The van der Waals surface area contributed by atoms with Crippen LogP contribution in [0.25, 0.3) is 0 Å². The molecule has 2 rings (SSSR count). The fraction of sp³-hybridized carbons (Fsp3) is 0.400. The molecule has 0 saturated carbocycles. The minimum Gasteiger partial charge on any atom is -0.371 e. The van der Waals surface area contributed by atoms with E-state index >= 15 is 0 Å². The molecule has 15 heavy (non-hydrogen) atoms. The lowest BCUT2D eigenvalue weighted by Gasteiger charge is -2.24. The van der Waals surface area contributed by atoms with Gasteiger partial charge in [0.05, 0.1) is 17.7 Å². The fourth-order valence-electron chi connectivity index (χ4n) is 1.55. The molecule has 0 aliphatic carbocycles. The van der Waals surface area contributed by atoms with Gasteiger partial charge in [-0.3, -0.25) is 0 Å². The van der Waals surface area contributed by atoms with Crippen LogP contribution >= 0.6 is 23.2 Å². The third-order valence-corrected chi connectivity index (χ3v) is 2.93. The van der Waals surface area contributed by atoms with Crippen LogP contribution in [-0.4, -0.2) is 19.7 Å². The molecule has 0 bridgehead atoms. The van der Waals surface area contributed by atoms with Crippen molar-refractivity contribution in [3.8, 4) is 0 Å². The molecule has 1 aliphatic rings. The van der Waals surface area contributed by atoms with Gasteiger partial charge in [0.15, 0.2) is 0 Å². The Morgan fingerprint density at radius 1 is 1.33 bits per heavy atom. The van der Waals surface area contributed by atoms with Crippen molar-refractivity contribution in [3.63, 3.8) is 0 Å². The third-order valence-electron chi connectivity index (χ3n) is 2.31. The lowest BCUT2D eigenvalue weighted by Crippen LogP contribution is -2.33. The molecule has 0 amide bonds. The van der Waals surface area contributed by atoms with Gasteiger partial charge in [-0.2, -0.15) is 0 Å². The van der Waals surface area contributed by atoms with Gasteiger partial charge in [0, 0.05) is 23.7 Å². The lowest BCUT2D eigenvalue weighted by atomic mass is 10.1. The molecule has 1 heterocycles. The van der Waals surface area contributed by atoms with Crippen molar-refractivity contribution in [1.29, 1.82) is 0 Å². The Bertz CT molecular complexity index is 367. The molecule has 82 valence electrons. The Kier molecular flexibility index (Phi) is 3.46. The number of hydrogen-bond acceptors (Lipinski definition) is 2. The number of hydrogen-bond donors (Lipinski definition) is 1. The number of nitrogens with one attached hydrogen (secondary N) is 1. The monoisotopic (exact) mass is 249 g/mol. The molecule has 5 heteroatoms. The standard InChI is InChI=1S/C10H10Cl2FNO/c11-7-4-8(12)9(13)3-6(7)10-5-14-1-2-15-10/h3-4,10,14H,1-2,5H2/t10-/m0/s1. The van der Waals surface area contributed by atoms with Gasteiger partial charge in [0.1, 0.15) is 5.82 Å².